The van der Waals surface area contributed by atoms with Crippen molar-refractivity contribution in [2.45, 2.75) is 19.4 Å². The van der Waals surface area contributed by atoms with Gasteiger partial charge in [0.2, 0.25) is 5.96 Å². The maximum absolute atomic E-state index is 13.2. The van der Waals surface area contributed by atoms with Crippen LogP contribution in [0.2, 0.25) is 0 Å². The molecule has 0 saturated heterocycles. The summed E-state index contributed by atoms with van der Waals surface area (Å²) in [6, 6.07) is 39.9. The van der Waals surface area contributed by atoms with E-state index in [4.69, 9.17) is 19.9 Å². The van der Waals surface area contributed by atoms with Crippen LogP contribution in [-0.2, 0) is 9.53 Å². The third-order valence-corrected chi connectivity index (χ3v) is 8.68. The van der Waals surface area contributed by atoms with Crippen molar-refractivity contribution < 1.29 is 9.53 Å². The number of para-hydroxylation sites is 2. The van der Waals surface area contributed by atoms with Gasteiger partial charge in [0.1, 0.15) is 10.5 Å². The molecule has 8 heteroatoms. The van der Waals surface area contributed by atoms with Crippen LogP contribution in [0.15, 0.2) is 126 Å². The van der Waals surface area contributed by atoms with E-state index < -0.39 is 6.04 Å². The molecule has 7 rings (SSSR count). The van der Waals surface area contributed by atoms with Gasteiger partial charge in [0.05, 0.1) is 29.6 Å². The number of nitrogens with zero attached hydrogens (tertiary/aromatic N) is 4. The fourth-order valence-corrected chi connectivity index (χ4v) is 6.78. The number of carbonyl (C=O) groups is 1. The lowest BCUT2D eigenvalue weighted by Crippen LogP contribution is -2.42. The van der Waals surface area contributed by atoms with Crippen molar-refractivity contribution in [2.24, 2.45) is 4.99 Å². The van der Waals surface area contributed by atoms with Gasteiger partial charge >= 0.3 is 5.97 Å². The van der Waals surface area contributed by atoms with Crippen LogP contribution in [0.3, 0.4) is 0 Å². The van der Waals surface area contributed by atoms with Crippen molar-refractivity contribution in [3.63, 3.8) is 0 Å². The van der Waals surface area contributed by atoms with Gasteiger partial charge in [-0.3, -0.25) is 4.79 Å². The number of rotatable bonds is 7. The van der Waals surface area contributed by atoms with Crippen molar-refractivity contribution in [1.29, 1.82) is 0 Å². The molecule has 216 valence electrons. The number of guanidine groups is 1. The number of esters is 1. The highest BCUT2D eigenvalue weighted by Crippen LogP contribution is 2.52. The lowest BCUT2D eigenvalue weighted by atomic mass is 9.95. The monoisotopic (exact) mass is 595 g/mol. The van der Waals surface area contributed by atoms with Crippen molar-refractivity contribution in [1.82, 2.24) is 10.2 Å². The largest absolute Gasteiger partial charge is 0.466 e. The van der Waals surface area contributed by atoms with Gasteiger partial charge in [-0.25, -0.2) is 4.99 Å². The molecular formula is C36H29N5O2S. The smallest absolute Gasteiger partial charge is 0.308 e. The van der Waals surface area contributed by atoms with E-state index in [2.05, 4.69) is 22.3 Å². The van der Waals surface area contributed by atoms with Crippen molar-refractivity contribution in [2.75, 3.05) is 16.8 Å². The first-order valence-electron chi connectivity index (χ1n) is 14.6. The summed E-state index contributed by atoms with van der Waals surface area (Å²) in [5, 5.41) is 14.0. The number of anilines is 2. The molecule has 0 bridgehead atoms. The Bertz CT molecular complexity index is 1950. The van der Waals surface area contributed by atoms with Crippen LogP contribution in [0.25, 0.3) is 32.6 Å². The Labute approximate surface area is 259 Å². The summed E-state index contributed by atoms with van der Waals surface area (Å²) < 4.78 is 5.49. The average molecular weight is 596 g/mol. The van der Waals surface area contributed by atoms with E-state index in [9.17, 15) is 4.79 Å². The minimum absolute atomic E-state index is 0.137. The number of aromatic nitrogens is 2. The summed E-state index contributed by atoms with van der Waals surface area (Å²) in [6.45, 7) is 2.14. The Hall–Kier alpha value is -5.34. The lowest BCUT2D eigenvalue weighted by molar-refractivity contribution is -0.143. The van der Waals surface area contributed by atoms with E-state index in [1.54, 1.807) is 0 Å². The number of hydrogen-bond acceptors (Lipinski definition) is 8. The first-order chi connectivity index (χ1) is 21.7. The molecule has 0 fully saturated rings. The fraction of sp³-hybridized carbons (Fsp3) is 0.111. The second kappa shape index (κ2) is 12.1. The predicted octanol–water partition coefficient (Wildman–Crippen LogP) is 8.64. The van der Waals surface area contributed by atoms with Gasteiger partial charge in [0.25, 0.3) is 0 Å². The fourth-order valence-electron chi connectivity index (χ4n) is 5.62. The summed E-state index contributed by atoms with van der Waals surface area (Å²) in [4.78, 5) is 22.3. The Balaban J connectivity index is 1.52. The quantitative estimate of drug-likeness (QED) is 0.186. The number of thiophene rings is 1. The molecule has 0 radical (unpaired) electrons. The van der Waals surface area contributed by atoms with Crippen LogP contribution in [0.1, 0.15) is 24.3 Å². The van der Waals surface area contributed by atoms with E-state index in [1.807, 2.05) is 116 Å². The Kier molecular flexibility index (Phi) is 7.56. The molecule has 0 saturated carbocycles. The van der Waals surface area contributed by atoms with Gasteiger partial charge < -0.3 is 15.0 Å². The third-order valence-electron chi connectivity index (χ3n) is 7.52. The molecule has 0 aliphatic carbocycles. The molecule has 7 nitrogen and oxygen atoms in total. The normalized spacial score (nSPS) is 14.2. The van der Waals surface area contributed by atoms with Crippen molar-refractivity contribution >= 4 is 50.5 Å². The second-order valence-corrected chi connectivity index (χ2v) is 11.3. The first kappa shape index (κ1) is 27.5. The molecule has 1 aliphatic heterocycles. The molecule has 1 aliphatic rings. The molecule has 0 amide bonds. The summed E-state index contributed by atoms with van der Waals surface area (Å²) in [5.41, 5.74) is 6.32. The number of aliphatic imine (C=N–C) groups is 1. The molecule has 1 unspecified atom stereocenters. The van der Waals surface area contributed by atoms with Gasteiger partial charge in [-0.05, 0) is 36.8 Å². The van der Waals surface area contributed by atoms with Crippen molar-refractivity contribution in [3.05, 3.63) is 126 Å². The molecule has 4 aromatic carbocycles. The number of nitrogens with one attached hydrogen (secondary N) is 1. The van der Waals surface area contributed by atoms with Gasteiger partial charge in [-0.1, -0.05) is 97.1 Å². The minimum Gasteiger partial charge on any atom is -0.466 e. The van der Waals surface area contributed by atoms with Crippen LogP contribution < -0.4 is 10.2 Å². The number of ether oxygens (including phenoxy) is 1. The number of hydrogen-bond donors (Lipinski definition) is 1. The van der Waals surface area contributed by atoms with Crippen LogP contribution in [0.5, 0.6) is 0 Å². The zero-order chi connectivity index (χ0) is 29.9. The van der Waals surface area contributed by atoms with Gasteiger partial charge in [-0.2, -0.15) is 0 Å². The highest BCUT2D eigenvalue weighted by molar-refractivity contribution is 7.19. The predicted molar refractivity (Wildman–Crippen MR) is 178 cm³/mol. The van der Waals surface area contributed by atoms with Crippen LogP contribution in [0.4, 0.5) is 17.1 Å². The Morgan fingerprint density at radius 3 is 2.09 bits per heavy atom. The van der Waals surface area contributed by atoms with Crippen LogP contribution in [0, 0.1) is 0 Å². The van der Waals surface area contributed by atoms with Crippen LogP contribution >= 0.6 is 11.3 Å². The standard InChI is InChI=1S/C36H29N5O2S/c1-2-43-29(42)23-28-34-33(38-36(37-26-19-11-5-12-20-26)41(28)27-21-13-6-14-22-27)31-30(24-15-7-3-8-16-24)32(39-40-35(31)44-34)25-17-9-4-10-18-25/h3-22,28H,2,23H2,1H3,(H,37,38). The zero-order valence-corrected chi connectivity index (χ0v) is 24.9. The SMILES string of the molecule is CCOC(=O)CC1c2sc3nnc(-c4ccccc4)c(-c4ccccc4)c3c2N=C(Nc2ccccc2)N1c1ccccc1. The van der Waals surface area contributed by atoms with Crippen molar-refractivity contribution in [3.8, 4) is 22.4 Å². The summed E-state index contributed by atoms with van der Waals surface area (Å²) >= 11 is 1.53. The van der Waals surface area contributed by atoms with E-state index in [0.29, 0.717) is 12.6 Å². The molecule has 6 aromatic rings. The zero-order valence-electron chi connectivity index (χ0n) is 24.1. The summed E-state index contributed by atoms with van der Waals surface area (Å²) in [7, 11) is 0. The van der Waals surface area contributed by atoms with E-state index >= 15 is 0 Å². The van der Waals surface area contributed by atoms with Gasteiger partial charge in [0.15, 0.2) is 0 Å². The Morgan fingerprint density at radius 1 is 0.818 bits per heavy atom. The van der Waals surface area contributed by atoms with Gasteiger partial charge in [-0.15, -0.1) is 21.5 Å². The van der Waals surface area contributed by atoms with E-state index in [-0.39, 0.29) is 12.4 Å². The maximum atomic E-state index is 13.2. The molecule has 3 heterocycles. The molecular weight excluding hydrogens is 566 g/mol. The lowest BCUT2D eigenvalue weighted by Gasteiger charge is -2.36. The minimum atomic E-state index is -0.391. The number of benzene rings is 4. The summed E-state index contributed by atoms with van der Waals surface area (Å²) in [6.07, 6.45) is 0.137. The van der Waals surface area contributed by atoms with E-state index in [1.165, 1.54) is 11.3 Å². The third kappa shape index (κ3) is 5.20. The molecule has 44 heavy (non-hydrogen) atoms. The maximum Gasteiger partial charge on any atom is 0.308 e. The Morgan fingerprint density at radius 2 is 1.43 bits per heavy atom. The molecule has 1 atom stereocenters. The molecule has 2 aromatic heterocycles. The first-order valence-corrected chi connectivity index (χ1v) is 15.4. The molecule has 0 spiro atoms. The average Bonchev–Trinajstić information content (AvgIpc) is 3.45. The number of fused-ring (bicyclic) bond motifs is 3. The van der Waals surface area contributed by atoms with E-state index in [0.717, 1.165) is 54.5 Å². The topological polar surface area (TPSA) is 79.7 Å². The highest BCUT2D eigenvalue weighted by atomic mass is 32.1. The van der Waals surface area contributed by atoms with Crippen LogP contribution in [-0.4, -0.2) is 28.7 Å². The highest BCUT2D eigenvalue weighted by Gasteiger charge is 2.37. The van der Waals surface area contributed by atoms with Gasteiger partial charge in [0, 0.05) is 27.9 Å². The molecule has 1 N–H and O–H groups in total. The summed E-state index contributed by atoms with van der Waals surface area (Å²) in [5.74, 6) is 0.336. The number of carbonyl (C=O) groups excluding carboxylic acids is 1. The second-order valence-electron chi connectivity index (χ2n) is 10.3.